The maximum absolute atomic E-state index is 12.6. The molecule has 1 saturated heterocycles. The van der Waals surface area contributed by atoms with Gasteiger partial charge in [-0.1, -0.05) is 23.7 Å². The molecule has 1 fully saturated rings. The highest BCUT2D eigenvalue weighted by molar-refractivity contribution is 6.33. The van der Waals surface area contributed by atoms with E-state index in [1.807, 2.05) is 0 Å². The van der Waals surface area contributed by atoms with E-state index in [-0.39, 0.29) is 24.8 Å². The van der Waals surface area contributed by atoms with Crippen molar-refractivity contribution in [2.45, 2.75) is 6.42 Å². The fraction of sp³-hybridized carbons (Fsp3) is 0.150. The molecule has 7 heteroatoms. The zero-order valence-corrected chi connectivity index (χ0v) is 14.9. The average molecular weight is 383 g/mol. The van der Waals surface area contributed by atoms with E-state index in [1.54, 1.807) is 53.4 Å². The van der Waals surface area contributed by atoms with E-state index in [2.05, 4.69) is 5.32 Å². The number of nitrogens with one attached hydrogen (secondary N) is 1. The third-order valence-corrected chi connectivity index (χ3v) is 4.85. The highest BCUT2D eigenvalue weighted by atomic mass is 35.5. The maximum atomic E-state index is 12.6. The second-order valence-corrected chi connectivity index (χ2v) is 6.76. The van der Waals surface area contributed by atoms with Crippen molar-refractivity contribution < 1.29 is 14.0 Å². The van der Waals surface area contributed by atoms with Gasteiger partial charge in [0.15, 0.2) is 0 Å². The van der Waals surface area contributed by atoms with Gasteiger partial charge in [-0.15, -0.1) is 0 Å². The Kier molecular flexibility index (Phi) is 4.41. The quantitative estimate of drug-likeness (QED) is 0.704. The SMILES string of the molecule is O=C(Nc1ccc2oc(=O)ccc2c1)C1CC(=O)N(c2ccccc2Cl)C1. The Morgan fingerprint density at radius 1 is 1.11 bits per heavy atom. The van der Waals surface area contributed by atoms with Crippen molar-refractivity contribution >= 4 is 45.8 Å². The van der Waals surface area contributed by atoms with E-state index < -0.39 is 11.5 Å². The van der Waals surface area contributed by atoms with Gasteiger partial charge in [0.25, 0.3) is 0 Å². The van der Waals surface area contributed by atoms with Gasteiger partial charge in [0.05, 0.1) is 16.6 Å². The Labute approximate surface area is 159 Å². The number of fused-ring (bicyclic) bond motifs is 1. The van der Waals surface area contributed by atoms with Gasteiger partial charge in [-0.2, -0.15) is 0 Å². The first-order valence-corrected chi connectivity index (χ1v) is 8.79. The van der Waals surface area contributed by atoms with Gasteiger partial charge in [0.1, 0.15) is 5.58 Å². The average Bonchev–Trinajstić information content (AvgIpc) is 3.04. The van der Waals surface area contributed by atoms with Crippen LogP contribution in [0.3, 0.4) is 0 Å². The molecule has 2 aromatic carbocycles. The van der Waals surface area contributed by atoms with E-state index in [9.17, 15) is 14.4 Å². The predicted molar refractivity (Wildman–Crippen MR) is 103 cm³/mol. The normalized spacial score (nSPS) is 16.7. The Balaban J connectivity index is 1.50. The van der Waals surface area contributed by atoms with Crippen molar-refractivity contribution in [2.75, 3.05) is 16.8 Å². The summed E-state index contributed by atoms with van der Waals surface area (Å²) < 4.78 is 5.08. The van der Waals surface area contributed by atoms with Crippen LogP contribution in [0.15, 0.2) is 63.8 Å². The van der Waals surface area contributed by atoms with Crippen molar-refractivity contribution in [3.8, 4) is 0 Å². The number of nitrogens with zero attached hydrogens (tertiary/aromatic N) is 1. The summed E-state index contributed by atoms with van der Waals surface area (Å²) in [5.74, 6) is -0.851. The van der Waals surface area contributed by atoms with Crippen LogP contribution in [0.2, 0.25) is 5.02 Å². The summed E-state index contributed by atoms with van der Waals surface area (Å²) >= 11 is 6.17. The summed E-state index contributed by atoms with van der Waals surface area (Å²) in [4.78, 5) is 37.7. The van der Waals surface area contributed by atoms with Crippen LogP contribution in [0.25, 0.3) is 11.0 Å². The lowest BCUT2D eigenvalue weighted by Gasteiger charge is -2.18. The molecule has 0 radical (unpaired) electrons. The highest BCUT2D eigenvalue weighted by Gasteiger charge is 2.35. The van der Waals surface area contributed by atoms with Gasteiger partial charge in [-0.05, 0) is 36.4 Å². The maximum Gasteiger partial charge on any atom is 0.336 e. The van der Waals surface area contributed by atoms with Crippen LogP contribution in [0, 0.1) is 5.92 Å². The second-order valence-electron chi connectivity index (χ2n) is 6.35. The Bertz CT molecular complexity index is 1110. The number of para-hydroxylation sites is 1. The highest BCUT2D eigenvalue weighted by Crippen LogP contribution is 2.31. The molecule has 0 saturated carbocycles. The molecule has 136 valence electrons. The topological polar surface area (TPSA) is 79.6 Å². The third kappa shape index (κ3) is 3.44. The van der Waals surface area contributed by atoms with Crippen LogP contribution in [-0.4, -0.2) is 18.4 Å². The molecular formula is C20H15ClN2O4. The molecule has 1 unspecified atom stereocenters. The van der Waals surface area contributed by atoms with E-state index in [0.29, 0.717) is 27.4 Å². The van der Waals surface area contributed by atoms with Gasteiger partial charge >= 0.3 is 5.63 Å². The van der Waals surface area contributed by atoms with Crippen molar-refractivity contribution in [2.24, 2.45) is 5.92 Å². The molecule has 1 N–H and O–H groups in total. The van der Waals surface area contributed by atoms with Crippen molar-refractivity contribution in [1.29, 1.82) is 0 Å². The summed E-state index contributed by atoms with van der Waals surface area (Å²) in [6.07, 6.45) is 0.125. The summed E-state index contributed by atoms with van der Waals surface area (Å²) in [7, 11) is 0. The van der Waals surface area contributed by atoms with Gasteiger partial charge in [-0.25, -0.2) is 4.79 Å². The smallest absolute Gasteiger partial charge is 0.336 e. The van der Waals surface area contributed by atoms with E-state index in [1.165, 1.54) is 6.07 Å². The molecule has 2 amide bonds. The van der Waals surface area contributed by atoms with Gasteiger partial charge in [0, 0.05) is 30.1 Å². The van der Waals surface area contributed by atoms with Crippen molar-refractivity contribution in [1.82, 2.24) is 0 Å². The number of hydrogen-bond acceptors (Lipinski definition) is 4. The number of amides is 2. The molecular weight excluding hydrogens is 368 g/mol. The van der Waals surface area contributed by atoms with Gasteiger partial charge in [-0.3, -0.25) is 9.59 Å². The van der Waals surface area contributed by atoms with E-state index in [0.717, 1.165) is 0 Å². The number of anilines is 2. The third-order valence-electron chi connectivity index (χ3n) is 4.53. The largest absolute Gasteiger partial charge is 0.423 e. The van der Waals surface area contributed by atoms with Crippen LogP contribution in [0.5, 0.6) is 0 Å². The van der Waals surface area contributed by atoms with Crippen LogP contribution in [-0.2, 0) is 9.59 Å². The number of carbonyl (C=O) groups excluding carboxylic acids is 2. The van der Waals surface area contributed by atoms with E-state index >= 15 is 0 Å². The molecule has 27 heavy (non-hydrogen) atoms. The minimum Gasteiger partial charge on any atom is -0.423 e. The Morgan fingerprint density at radius 2 is 1.93 bits per heavy atom. The van der Waals surface area contributed by atoms with Gasteiger partial charge in [0.2, 0.25) is 11.8 Å². The van der Waals surface area contributed by atoms with E-state index in [4.69, 9.17) is 16.0 Å². The fourth-order valence-electron chi connectivity index (χ4n) is 3.18. The molecule has 0 aliphatic carbocycles. The molecule has 3 aromatic rings. The molecule has 0 spiro atoms. The molecule has 6 nitrogen and oxygen atoms in total. The number of rotatable bonds is 3. The van der Waals surface area contributed by atoms with Crippen molar-refractivity contribution in [3.63, 3.8) is 0 Å². The zero-order valence-electron chi connectivity index (χ0n) is 14.1. The molecule has 1 aromatic heterocycles. The fourth-order valence-corrected chi connectivity index (χ4v) is 3.42. The van der Waals surface area contributed by atoms with Crippen LogP contribution in [0.1, 0.15) is 6.42 Å². The summed E-state index contributed by atoms with van der Waals surface area (Å²) in [5.41, 5.74) is 1.20. The lowest BCUT2D eigenvalue weighted by atomic mass is 10.1. The molecule has 4 rings (SSSR count). The standard InChI is InChI=1S/C20H15ClN2O4/c21-15-3-1-2-4-16(15)23-11-13(10-18(23)24)20(26)22-14-6-7-17-12(9-14)5-8-19(25)27-17/h1-9,13H,10-11H2,(H,22,26). The minimum absolute atomic E-state index is 0.125. The first kappa shape index (κ1) is 17.3. The molecule has 0 bridgehead atoms. The molecule has 1 aliphatic heterocycles. The molecule has 1 atom stereocenters. The number of benzene rings is 2. The van der Waals surface area contributed by atoms with Crippen LogP contribution < -0.4 is 15.8 Å². The second kappa shape index (κ2) is 6.89. The number of carbonyl (C=O) groups is 2. The first-order valence-electron chi connectivity index (χ1n) is 8.41. The Hall–Kier alpha value is -3.12. The molecule has 1 aliphatic rings. The summed E-state index contributed by atoms with van der Waals surface area (Å²) in [6.45, 7) is 0.275. The van der Waals surface area contributed by atoms with Gasteiger partial charge < -0.3 is 14.6 Å². The van der Waals surface area contributed by atoms with Crippen LogP contribution in [0.4, 0.5) is 11.4 Å². The monoisotopic (exact) mass is 382 g/mol. The predicted octanol–water partition coefficient (Wildman–Crippen LogP) is 3.44. The summed E-state index contributed by atoms with van der Waals surface area (Å²) in [5, 5.41) is 4.00. The number of halogens is 1. The van der Waals surface area contributed by atoms with Crippen molar-refractivity contribution in [3.05, 3.63) is 70.0 Å². The minimum atomic E-state index is -0.474. The first-order chi connectivity index (χ1) is 13.0. The Morgan fingerprint density at radius 3 is 2.74 bits per heavy atom. The van der Waals surface area contributed by atoms with Crippen LogP contribution >= 0.6 is 11.6 Å². The zero-order chi connectivity index (χ0) is 19.0. The lowest BCUT2D eigenvalue weighted by Crippen LogP contribution is -2.28. The number of hydrogen-bond donors (Lipinski definition) is 1. The summed E-state index contributed by atoms with van der Waals surface area (Å²) in [6, 6.07) is 15.0. The molecule has 2 heterocycles. The lowest BCUT2D eigenvalue weighted by molar-refractivity contribution is -0.122.